The van der Waals surface area contributed by atoms with E-state index in [9.17, 15) is 38.4 Å². The van der Waals surface area contributed by atoms with Crippen molar-refractivity contribution < 1.29 is 48.6 Å². The number of benzene rings is 1. The third-order valence-corrected chi connectivity index (χ3v) is 7.64. The number of carboxylic acids is 1. The number of carboxylic acid groups (broad SMARTS) is 1. The summed E-state index contributed by atoms with van der Waals surface area (Å²) in [7, 11) is 0. The number of amides is 6. The third kappa shape index (κ3) is 12.8. The van der Waals surface area contributed by atoms with Crippen LogP contribution in [0.1, 0.15) is 50.4 Å². The van der Waals surface area contributed by atoms with E-state index in [2.05, 4.69) is 26.6 Å². The quantitative estimate of drug-likeness (QED) is 0.0599. The molecular formula is C32H47N9O10. The van der Waals surface area contributed by atoms with Crippen LogP contribution in [-0.2, 0) is 40.0 Å². The number of aliphatic hydroxyl groups excluding tert-OH is 1. The monoisotopic (exact) mass is 717 g/mol. The fourth-order valence-electron chi connectivity index (χ4n) is 4.91. The van der Waals surface area contributed by atoms with Gasteiger partial charge in [0.2, 0.25) is 41.4 Å². The van der Waals surface area contributed by atoms with Crippen LogP contribution in [0.3, 0.4) is 0 Å². The molecule has 0 saturated heterocycles. The number of aliphatic hydroxyl groups is 1. The van der Waals surface area contributed by atoms with Gasteiger partial charge in [0.05, 0.1) is 37.0 Å². The SMILES string of the molecule is CC(C)[C@H](NC(=O)[C@H](C)NC(=O)[C@H](CC(N)=O)NC(=O)[C@@H](N)Cc1cn(C(=O)[C@@H](N)CC(=O)O)c2ccccc12)C(=O)NCC(=O)NCCCO. The Kier molecular flexibility index (Phi) is 16.1. The number of fused-ring (bicyclic) bond motifs is 1. The van der Waals surface area contributed by atoms with Crippen molar-refractivity contribution in [1.82, 2.24) is 31.2 Å². The molecule has 0 spiro atoms. The molecule has 1 heterocycles. The summed E-state index contributed by atoms with van der Waals surface area (Å²) in [6.07, 6.45) is 0.343. The normalized spacial score (nSPS) is 14.0. The van der Waals surface area contributed by atoms with Crippen molar-refractivity contribution in [3.8, 4) is 0 Å². The summed E-state index contributed by atoms with van der Waals surface area (Å²) < 4.78 is 1.18. The van der Waals surface area contributed by atoms with Crippen molar-refractivity contribution in [2.24, 2.45) is 23.1 Å². The number of rotatable bonds is 20. The molecule has 0 unspecified atom stereocenters. The minimum Gasteiger partial charge on any atom is -0.481 e. The largest absolute Gasteiger partial charge is 0.481 e. The topological polar surface area (TPSA) is 320 Å². The molecule has 1 aromatic carbocycles. The van der Waals surface area contributed by atoms with Gasteiger partial charge in [-0.25, -0.2) is 0 Å². The van der Waals surface area contributed by atoms with Gasteiger partial charge in [-0.2, -0.15) is 0 Å². The van der Waals surface area contributed by atoms with Gasteiger partial charge in [-0.1, -0.05) is 32.0 Å². The lowest BCUT2D eigenvalue weighted by Crippen LogP contribution is -2.58. The zero-order chi connectivity index (χ0) is 38.4. The minimum absolute atomic E-state index is 0.112. The number of aliphatic carboxylic acids is 1. The maximum Gasteiger partial charge on any atom is 0.305 e. The molecule has 0 aliphatic heterocycles. The Hall–Kier alpha value is -5.40. The molecule has 0 aliphatic rings. The van der Waals surface area contributed by atoms with E-state index in [1.54, 1.807) is 38.1 Å². The van der Waals surface area contributed by atoms with Gasteiger partial charge in [-0.05, 0) is 37.3 Å². The van der Waals surface area contributed by atoms with Crippen LogP contribution in [-0.4, -0.2) is 112 Å². The van der Waals surface area contributed by atoms with Crippen LogP contribution in [0, 0.1) is 5.92 Å². The molecule has 0 bridgehead atoms. The van der Waals surface area contributed by atoms with Gasteiger partial charge in [0.1, 0.15) is 18.1 Å². The van der Waals surface area contributed by atoms with Crippen LogP contribution < -0.4 is 43.8 Å². The van der Waals surface area contributed by atoms with Crippen LogP contribution >= 0.6 is 0 Å². The third-order valence-electron chi connectivity index (χ3n) is 7.64. The molecule has 2 aromatic rings. The van der Waals surface area contributed by atoms with Crippen LogP contribution in [0.2, 0.25) is 0 Å². The standard InChI is InChI=1S/C32H47N9O10/c1-16(2)27(31(50)37-14-25(44)36-9-6-10-42)40-28(47)17(3)38-30(49)22(13-24(35)43)39-29(48)20(33)11-18-15-41(23-8-5-4-7-19(18)23)32(51)21(34)12-26(45)46/h4-5,7-8,15-17,20-22,27,42H,6,9-14,33-34H2,1-3H3,(H2,35,43)(H,36,44)(H,37,50)(H,38,49)(H,39,48)(H,40,47)(H,45,46)/t17-,20-,21-,22-,27-/m0/s1. The Balaban J connectivity index is 2.10. The Bertz CT molecular complexity index is 1610. The molecule has 0 fully saturated rings. The highest BCUT2D eigenvalue weighted by Crippen LogP contribution is 2.23. The molecule has 0 aliphatic carbocycles. The summed E-state index contributed by atoms with van der Waals surface area (Å²) >= 11 is 0. The molecule has 19 heteroatoms. The lowest BCUT2D eigenvalue weighted by molar-refractivity contribution is -0.137. The lowest BCUT2D eigenvalue weighted by Gasteiger charge is -2.25. The average Bonchev–Trinajstić information content (AvgIpc) is 3.42. The fraction of sp³-hybridized carbons (Fsp3) is 0.500. The summed E-state index contributed by atoms with van der Waals surface area (Å²) in [5.41, 5.74) is 18.1. The van der Waals surface area contributed by atoms with E-state index in [0.717, 1.165) is 0 Å². The maximum absolute atomic E-state index is 13.2. The van der Waals surface area contributed by atoms with Crippen molar-refractivity contribution >= 4 is 58.2 Å². The van der Waals surface area contributed by atoms with Gasteiger partial charge in [-0.3, -0.25) is 42.9 Å². The number of carbonyl (C=O) groups is 8. The van der Waals surface area contributed by atoms with E-state index in [-0.39, 0.29) is 26.1 Å². The molecular weight excluding hydrogens is 670 g/mol. The van der Waals surface area contributed by atoms with E-state index >= 15 is 0 Å². The molecule has 0 radical (unpaired) electrons. The fourth-order valence-corrected chi connectivity index (χ4v) is 4.91. The molecule has 5 atom stereocenters. The summed E-state index contributed by atoms with van der Waals surface area (Å²) in [4.78, 5) is 99.7. The van der Waals surface area contributed by atoms with E-state index < -0.39 is 96.3 Å². The van der Waals surface area contributed by atoms with Gasteiger partial charge in [0.15, 0.2) is 0 Å². The second-order valence-electron chi connectivity index (χ2n) is 12.2. The Morgan fingerprint density at radius 3 is 2.10 bits per heavy atom. The predicted molar refractivity (Wildman–Crippen MR) is 182 cm³/mol. The average molecular weight is 718 g/mol. The first kappa shape index (κ1) is 41.8. The molecule has 1 aromatic heterocycles. The minimum atomic E-state index is -1.54. The van der Waals surface area contributed by atoms with Crippen LogP contribution in [0.4, 0.5) is 0 Å². The van der Waals surface area contributed by atoms with E-state index in [0.29, 0.717) is 22.9 Å². The lowest BCUT2D eigenvalue weighted by atomic mass is 10.0. The number of hydrogen-bond donors (Lipinski definition) is 10. The van der Waals surface area contributed by atoms with Crippen LogP contribution in [0.25, 0.3) is 10.9 Å². The highest BCUT2D eigenvalue weighted by molar-refractivity contribution is 5.99. The van der Waals surface area contributed by atoms with Crippen molar-refractivity contribution in [2.75, 3.05) is 19.7 Å². The zero-order valence-corrected chi connectivity index (χ0v) is 28.6. The number of para-hydroxylation sites is 1. The smallest absolute Gasteiger partial charge is 0.305 e. The number of aromatic nitrogens is 1. The summed E-state index contributed by atoms with van der Waals surface area (Å²) in [6.45, 7) is 4.36. The molecule has 2 rings (SSSR count). The van der Waals surface area contributed by atoms with Gasteiger partial charge in [0.25, 0.3) is 0 Å². The molecule has 6 amide bonds. The van der Waals surface area contributed by atoms with Gasteiger partial charge in [-0.15, -0.1) is 0 Å². The van der Waals surface area contributed by atoms with Gasteiger partial charge < -0.3 is 54.0 Å². The molecule has 0 saturated carbocycles. The number of nitrogens with zero attached hydrogens (tertiary/aromatic N) is 1. The van der Waals surface area contributed by atoms with Crippen molar-refractivity contribution in [1.29, 1.82) is 0 Å². The molecule has 280 valence electrons. The first-order valence-corrected chi connectivity index (χ1v) is 16.2. The summed E-state index contributed by atoms with van der Waals surface area (Å²) in [5, 5.41) is 30.6. The molecule has 13 N–H and O–H groups in total. The van der Waals surface area contributed by atoms with E-state index in [4.69, 9.17) is 27.4 Å². The number of carbonyl (C=O) groups excluding carboxylic acids is 7. The number of nitrogens with two attached hydrogens (primary N) is 3. The van der Waals surface area contributed by atoms with E-state index in [1.165, 1.54) is 17.7 Å². The van der Waals surface area contributed by atoms with Crippen LogP contribution in [0.5, 0.6) is 0 Å². The Morgan fingerprint density at radius 1 is 0.824 bits per heavy atom. The van der Waals surface area contributed by atoms with Crippen molar-refractivity contribution in [3.05, 3.63) is 36.0 Å². The maximum atomic E-state index is 13.2. The summed E-state index contributed by atoms with van der Waals surface area (Å²) in [6, 6.07) is 0.0856. The number of hydrogen-bond acceptors (Lipinski definition) is 11. The Morgan fingerprint density at radius 2 is 1.49 bits per heavy atom. The second kappa shape index (κ2) is 19.7. The Labute approximate surface area is 293 Å². The zero-order valence-electron chi connectivity index (χ0n) is 28.6. The van der Waals surface area contributed by atoms with Crippen LogP contribution in [0.15, 0.2) is 30.5 Å². The molecule has 51 heavy (non-hydrogen) atoms. The number of nitrogens with one attached hydrogen (secondary N) is 5. The second-order valence-corrected chi connectivity index (χ2v) is 12.2. The van der Waals surface area contributed by atoms with Crippen molar-refractivity contribution in [3.63, 3.8) is 0 Å². The predicted octanol–water partition coefficient (Wildman–Crippen LogP) is -3.43. The van der Waals surface area contributed by atoms with Gasteiger partial charge >= 0.3 is 5.97 Å². The highest BCUT2D eigenvalue weighted by Gasteiger charge is 2.31. The first-order valence-electron chi connectivity index (χ1n) is 16.2. The highest BCUT2D eigenvalue weighted by atomic mass is 16.4. The summed E-state index contributed by atoms with van der Waals surface area (Å²) in [5.74, 6) is -7.05. The van der Waals surface area contributed by atoms with Gasteiger partial charge in [0, 0.05) is 24.7 Å². The van der Waals surface area contributed by atoms with Crippen molar-refractivity contribution in [2.45, 2.75) is 76.7 Å². The van der Waals surface area contributed by atoms with E-state index in [1.807, 2.05) is 0 Å². The molecule has 19 nitrogen and oxygen atoms in total. The number of primary amides is 1. The first-order chi connectivity index (χ1) is 24.0.